The second-order valence-electron chi connectivity index (χ2n) is 4.20. The molecule has 0 aliphatic carbocycles. The molecule has 1 heterocycles. The van der Waals surface area contributed by atoms with E-state index < -0.39 is 10.0 Å². The van der Waals surface area contributed by atoms with Crippen molar-refractivity contribution in [3.05, 3.63) is 41.2 Å². The Morgan fingerprint density at radius 1 is 1.37 bits per heavy atom. The van der Waals surface area contributed by atoms with E-state index in [0.29, 0.717) is 23.0 Å². The van der Waals surface area contributed by atoms with Gasteiger partial charge in [0.15, 0.2) is 0 Å². The van der Waals surface area contributed by atoms with Crippen LogP contribution >= 0.6 is 11.6 Å². The molecule has 0 fully saturated rings. The Kier molecular flexibility index (Phi) is 3.82. The average molecular weight is 300 g/mol. The zero-order valence-electron chi connectivity index (χ0n) is 10.6. The van der Waals surface area contributed by atoms with E-state index in [1.165, 1.54) is 0 Å². The van der Waals surface area contributed by atoms with E-state index in [2.05, 4.69) is 14.9 Å². The highest BCUT2D eigenvalue weighted by atomic mass is 35.5. The smallest absolute Gasteiger partial charge is 0.265 e. The number of H-pyrrole nitrogens is 1. The van der Waals surface area contributed by atoms with E-state index in [9.17, 15) is 8.42 Å². The molecule has 102 valence electrons. The van der Waals surface area contributed by atoms with Crippen LogP contribution in [0.5, 0.6) is 0 Å². The third kappa shape index (κ3) is 2.90. The molecule has 0 saturated carbocycles. The number of rotatable bonds is 4. The maximum Gasteiger partial charge on any atom is 0.265 e. The number of hydrogen-bond donors (Lipinski definition) is 2. The first-order chi connectivity index (χ1) is 8.94. The molecule has 2 aromatic rings. The van der Waals surface area contributed by atoms with Crippen molar-refractivity contribution in [2.45, 2.75) is 24.6 Å². The van der Waals surface area contributed by atoms with Gasteiger partial charge in [-0.15, -0.1) is 11.6 Å². The minimum Gasteiger partial charge on any atom is -0.281 e. The lowest BCUT2D eigenvalue weighted by atomic mass is 10.2. The van der Waals surface area contributed by atoms with Crippen molar-refractivity contribution >= 4 is 27.3 Å². The number of aryl methyl sites for hydroxylation is 2. The van der Waals surface area contributed by atoms with Crippen LogP contribution in [0.4, 0.5) is 5.69 Å². The van der Waals surface area contributed by atoms with Crippen LogP contribution in [0, 0.1) is 13.8 Å². The van der Waals surface area contributed by atoms with Crippen LogP contribution in [0.2, 0.25) is 0 Å². The molecule has 0 radical (unpaired) electrons. The molecule has 0 unspecified atom stereocenters. The number of sulfonamides is 1. The van der Waals surface area contributed by atoms with Gasteiger partial charge in [0.05, 0.1) is 11.4 Å². The van der Waals surface area contributed by atoms with Gasteiger partial charge in [0, 0.05) is 11.6 Å². The number of anilines is 1. The number of nitrogens with zero attached hydrogens (tertiary/aromatic N) is 1. The van der Waals surface area contributed by atoms with E-state index in [-0.39, 0.29) is 4.90 Å². The lowest BCUT2D eigenvalue weighted by Crippen LogP contribution is -2.14. The fourth-order valence-corrected chi connectivity index (χ4v) is 3.45. The molecule has 5 nitrogen and oxygen atoms in total. The second kappa shape index (κ2) is 5.22. The molecule has 2 rings (SSSR count). The number of benzene rings is 1. The zero-order chi connectivity index (χ0) is 14.0. The molecule has 19 heavy (non-hydrogen) atoms. The Morgan fingerprint density at radius 3 is 2.68 bits per heavy atom. The van der Waals surface area contributed by atoms with E-state index in [0.717, 1.165) is 5.56 Å². The minimum atomic E-state index is -3.64. The third-order valence-corrected chi connectivity index (χ3v) is 4.61. The summed E-state index contributed by atoms with van der Waals surface area (Å²) in [5.41, 5.74) is 2.29. The lowest BCUT2D eigenvalue weighted by molar-refractivity contribution is 0.600. The van der Waals surface area contributed by atoms with Crippen molar-refractivity contribution in [1.29, 1.82) is 0 Å². The van der Waals surface area contributed by atoms with Gasteiger partial charge < -0.3 is 0 Å². The molecular formula is C12H14ClN3O2S. The summed E-state index contributed by atoms with van der Waals surface area (Å²) >= 11 is 5.73. The highest BCUT2D eigenvalue weighted by molar-refractivity contribution is 7.92. The van der Waals surface area contributed by atoms with Gasteiger partial charge in [-0.25, -0.2) is 8.42 Å². The van der Waals surface area contributed by atoms with Crippen LogP contribution in [-0.4, -0.2) is 18.6 Å². The van der Waals surface area contributed by atoms with Crippen LogP contribution in [0.1, 0.15) is 17.0 Å². The molecule has 7 heteroatoms. The summed E-state index contributed by atoms with van der Waals surface area (Å²) in [5, 5.41) is 6.55. The maximum absolute atomic E-state index is 12.3. The molecule has 1 aromatic heterocycles. The molecule has 2 N–H and O–H groups in total. The van der Waals surface area contributed by atoms with Gasteiger partial charge in [-0.05, 0) is 31.5 Å². The Morgan fingerprint density at radius 2 is 2.11 bits per heavy atom. The molecule has 0 atom stereocenters. The summed E-state index contributed by atoms with van der Waals surface area (Å²) in [6.07, 6.45) is 0. The first kappa shape index (κ1) is 13.9. The van der Waals surface area contributed by atoms with Gasteiger partial charge in [-0.1, -0.05) is 12.1 Å². The Balaban J connectivity index is 2.36. The minimum absolute atomic E-state index is 0.184. The standard InChI is InChI=1S/C12H14ClN3O2S/c1-8-12(9(2)15-14-8)19(17,18)16-11-5-3-4-10(6-11)7-13/h3-6,16H,7H2,1-2H3,(H,14,15). The van der Waals surface area contributed by atoms with Gasteiger partial charge in [0.1, 0.15) is 4.90 Å². The third-order valence-electron chi connectivity index (χ3n) is 2.66. The van der Waals surface area contributed by atoms with Crippen molar-refractivity contribution in [1.82, 2.24) is 10.2 Å². The zero-order valence-corrected chi connectivity index (χ0v) is 12.1. The molecule has 0 spiro atoms. The number of aromatic nitrogens is 2. The number of alkyl halides is 1. The van der Waals surface area contributed by atoms with Crippen molar-refractivity contribution < 1.29 is 8.42 Å². The van der Waals surface area contributed by atoms with E-state index in [4.69, 9.17) is 11.6 Å². The van der Waals surface area contributed by atoms with E-state index in [1.54, 1.807) is 32.0 Å². The van der Waals surface area contributed by atoms with Gasteiger partial charge in [-0.2, -0.15) is 5.10 Å². The maximum atomic E-state index is 12.3. The lowest BCUT2D eigenvalue weighted by Gasteiger charge is -2.09. The van der Waals surface area contributed by atoms with Crippen molar-refractivity contribution in [2.75, 3.05) is 4.72 Å². The SMILES string of the molecule is Cc1n[nH]c(C)c1S(=O)(=O)Nc1cccc(CCl)c1. The van der Waals surface area contributed by atoms with Crippen LogP contribution in [0.15, 0.2) is 29.2 Å². The predicted octanol–water partition coefficient (Wildman–Crippen LogP) is 2.57. The molecule has 1 aromatic carbocycles. The normalized spacial score (nSPS) is 11.5. The molecule has 0 aliphatic heterocycles. The van der Waals surface area contributed by atoms with Crippen molar-refractivity contribution in [3.63, 3.8) is 0 Å². The number of nitrogens with one attached hydrogen (secondary N) is 2. The Labute approximate surface area is 117 Å². The van der Waals surface area contributed by atoms with Crippen LogP contribution < -0.4 is 4.72 Å². The van der Waals surface area contributed by atoms with E-state index in [1.807, 2.05) is 6.07 Å². The monoisotopic (exact) mass is 299 g/mol. The molecule has 0 bridgehead atoms. The molecule has 0 amide bonds. The molecular weight excluding hydrogens is 286 g/mol. The summed E-state index contributed by atoms with van der Waals surface area (Å²) in [4.78, 5) is 0.184. The Hall–Kier alpha value is -1.53. The molecule has 0 aliphatic rings. The second-order valence-corrected chi connectivity index (χ2v) is 6.09. The number of halogens is 1. The first-order valence-corrected chi connectivity index (χ1v) is 7.65. The highest BCUT2D eigenvalue weighted by Crippen LogP contribution is 2.21. The largest absolute Gasteiger partial charge is 0.281 e. The van der Waals surface area contributed by atoms with Gasteiger partial charge in [0.2, 0.25) is 0 Å². The fourth-order valence-electron chi connectivity index (χ4n) is 1.86. The summed E-state index contributed by atoms with van der Waals surface area (Å²) in [6.45, 7) is 3.32. The highest BCUT2D eigenvalue weighted by Gasteiger charge is 2.22. The van der Waals surface area contributed by atoms with Crippen molar-refractivity contribution in [2.24, 2.45) is 0 Å². The van der Waals surface area contributed by atoms with Crippen molar-refractivity contribution in [3.8, 4) is 0 Å². The number of aromatic amines is 1. The summed E-state index contributed by atoms with van der Waals surface area (Å²) in [5.74, 6) is 0.333. The van der Waals surface area contributed by atoms with Crippen LogP contribution in [0.25, 0.3) is 0 Å². The summed E-state index contributed by atoms with van der Waals surface area (Å²) in [7, 11) is -3.64. The Bertz CT molecular complexity index is 675. The topological polar surface area (TPSA) is 74.8 Å². The van der Waals surface area contributed by atoms with Gasteiger partial charge in [-0.3, -0.25) is 9.82 Å². The number of hydrogen-bond acceptors (Lipinski definition) is 3. The summed E-state index contributed by atoms with van der Waals surface area (Å²) < 4.78 is 27.1. The summed E-state index contributed by atoms with van der Waals surface area (Å²) in [6, 6.07) is 6.97. The van der Waals surface area contributed by atoms with E-state index >= 15 is 0 Å². The van der Waals surface area contributed by atoms with Gasteiger partial charge in [0.25, 0.3) is 10.0 Å². The fraction of sp³-hybridized carbons (Fsp3) is 0.250. The van der Waals surface area contributed by atoms with Crippen LogP contribution in [-0.2, 0) is 15.9 Å². The predicted molar refractivity (Wildman–Crippen MR) is 74.9 cm³/mol. The quantitative estimate of drug-likeness (QED) is 0.852. The van der Waals surface area contributed by atoms with Crippen LogP contribution in [0.3, 0.4) is 0 Å². The first-order valence-electron chi connectivity index (χ1n) is 5.63. The van der Waals surface area contributed by atoms with Gasteiger partial charge >= 0.3 is 0 Å². The average Bonchev–Trinajstić information content (AvgIpc) is 2.69. The molecule has 0 saturated heterocycles.